The summed E-state index contributed by atoms with van der Waals surface area (Å²) in [6, 6.07) is 0. The largest absolute Gasteiger partial charge is 0.375 e. The van der Waals surface area contributed by atoms with E-state index in [9.17, 15) is 0 Å². The second kappa shape index (κ2) is 9.16. The molecule has 2 aliphatic rings. The van der Waals surface area contributed by atoms with E-state index in [4.69, 9.17) is 4.74 Å². The molecular formula is C21H43N3O. The third-order valence-electron chi connectivity index (χ3n) is 5.82. The first kappa shape index (κ1) is 21.1. The molecule has 2 rings (SSSR count). The van der Waals surface area contributed by atoms with E-state index in [1.165, 1.54) is 65.1 Å². The zero-order chi connectivity index (χ0) is 18.5. The molecule has 4 heteroatoms. The number of nitrogens with zero attached hydrogens (tertiary/aromatic N) is 3. The van der Waals surface area contributed by atoms with E-state index in [0.29, 0.717) is 5.54 Å². The van der Waals surface area contributed by atoms with Crippen LogP contribution < -0.4 is 0 Å². The molecule has 0 radical (unpaired) electrons. The van der Waals surface area contributed by atoms with Crippen molar-refractivity contribution >= 4 is 0 Å². The number of hydrogen-bond donors (Lipinski definition) is 0. The molecule has 0 bridgehead atoms. The molecule has 0 amide bonds. The van der Waals surface area contributed by atoms with Crippen LogP contribution in [0.1, 0.15) is 60.8 Å². The minimum Gasteiger partial charge on any atom is -0.375 e. The minimum absolute atomic E-state index is 0.00463. The number of ether oxygens (including phenoxy) is 1. The molecule has 148 valence electrons. The van der Waals surface area contributed by atoms with Gasteiger partial charge in [0.25, 0.3) is 0 Å². The van der Waals surface area contributed by atoms with Crippen molar-refractivity contribution in [2.45, 2.75) is 71.9 Å². The first-order chi connectivity index (χ1) is 11.6. The summed E-state index contributed by atoms with van der Waals surface area (Å²) in [7, 11) is 0. The summed E-state index contributed by atoms with van der Waals surface area (Å²) in [6.07, 6.45) is 4.14. The molecule has 0 spiro atoms. The van der Waals surface area contributed by atoms with E-state index < -0.39 is 0 Å². The zero-order valence-corrected chi connectivity index (χ0v) is 17.8. The lowest BCUT2D eigenvalue weighted by Gasteiger charge is -2.42. The maximum absolute atomic E-state index is 5.87. The minimum atomic E-state index is -0.00463. The second-order valence-corrected chi connectivity index (χ2v) is 10.0. The molecule has 0 aromatic carbocycles. The molecule has 2 aliphatic heterocycles. The molecule has 0 N–H and O–H groups in total. The fraction of sp³-hybridized carbons (Fsp3) is 1.00. The van der Waals surface area contributed by atoms with E-state index >= 15 is 0 Å². The molecule has 0 aromatic heterocycles. The maximum Gasteiger partial charge on any atom is 0.0600 e. The van der Waals surface area contributed by atoms with Gasteiger partial charge in [0.1, 0.15) is 0 Å². The molecule has 2 heterocycles. The summed E-state index contributed by atoms with van der Waals surface area (Å²) in [5.74, 6) is 0.931. The highest BCUT2D eigenvalue weighted by atomic mass is 16.5. The van der Waals surface area contributed by atoms with Crippen LogP contribution in [0.2, 0.25) is 0 Å². The highest BCUT2D eigenvalue weighted by Gasteiger charge is 2.26. The van der Waals surface area contributed by atoms with Crippen LogP contribution in [-0.4, -0.2) is 84.8 Å². The SMILES string of the molecule is CC(C)(C)OCCN1CCC(CCN2CCN(C(C)(C)C)CC2)CC1. The second-order valence-electron chi connectivity index (χ2n) is 10.0. The Morgan fingerprint density at radius 3 is 1.84 bits per heavy atom. The van der Waals surface area contributed by atoms with Crippen molar-refractivity contribution in [3.05, 3.63) is 0 Å². The van der Waals surface area contributed by atoms with Crippen LogP contribution in [0, 0.1) is 5.92 Å². The number of piperidine rings is 1. The summed E-state index contributed by atoms with van der Waals surface area (Å²) < 4.78 is 5.87. The molecule has 0 atom stereocenters. The van der Waals surface area contributed by atoms with Crippen LogP contribution in [0.15, 0.2) is 0 Å². The number of piperazine rings is 1. The monoisotopic (exact) mass is 353 g/mol. The molecule has 4 nitrogen and oxygen atoms in total. The Kier molecular flexibility index (Phi) is 7.75. The van der Waals surface area contributed by atoms with E-state index in [2.05, 4.69) is 56.2 Å². The first-order valence-electron chi connectivity index (χ1n) is 10.5. The first-order valence-corrected chi connectivity index (χ1v) is 10.5. The van der Waals surface area contributed by atoms with E-state index in [-0.39, 0.29) is 5.60 Å². The normalized spacial score (nSPS) is 23.3. The van der Waals surface area contributed by atoms with E-state index in [0.717, 1.165) is 19.1 Å². The van der Waals surface area contributed by atoms with Crippen molar-refractivity contribution in [2.75, 3.05) is 59.0 Å². The van der Waals surface area contributed by atoms with Crippen LogP contribution in [0.25, 0.3) is 0 Å². The van der Waals surface area contributed by atoms with Gasteiger partial charge in [0, 0.05) is 38.3 Å². The summed E-state index contributed by atoms with van der Waals surface area (Å²) >= 11 is 0. The summed E-state index contributed by atoms with van der Waals surface area (Å²) in [5, 5.41) is 0. The molecular weight excluding hydrogens is 310 g/mol. The molecule has 25 heavy (non-hydrogen) atoms. The summed E-state index contributed by atoms with van der Waals surface area (Å²) in [5.41, 5.74) is 0.324. The highest BCUT2D eigenvalue weighted by molar-refractivity contribution is 4.82. The smallest absolute Gasteiger partial charge is 0.0600 e. The molecule has 2 fully saturated rings. The van der Waals surface area contributed by atoms with Crippen molar-refractivity contribution in [1.82, 2.24) is 14.7 Å². The van der Waals surface area contributed by atoms with Crippen LogP contribution in [0.5, 0.6) is 0 Å². The quantitative estimate of drug-likeness (QED) is 0.729. The van der Waals surface area contributed by atoms with Gasteiger partial charge in [0.05, 0.1) is 12.2 Å². The van der Waals surface area contributed by atoms with Gasteiger partial charge in [-0.1, -0.05) is 0 Å². The molecule has 0 aromatic rings. The Balaban J connectivity index is 1.56. The number of likely N-dealkylation sites (tertiary alicyclic amines) is 1. The number of hydrogen-bond acceptors (Lipinski definition) is 4. The Hall–Kier alpha value is -0.160. The predicted octanol–water partition coefficient (Wildman–Crippen LogP) is 3.32. The fourth-order valence-electron chi connectivity index (χ4n) is 3.99. The Bertz CT molecular complexity index is 370. The summed E-state index contributed by atoms with van der Waals surface area (Å²) in [4.78, 5) is 7.90. The van der Waals surface area contributed by atoms with Crippen molar-refractivity contribution in [2.24, 2.45) is 5.92 Å². The lowest BCUT2D eigenvalue weighted by Crippen LogP contribution is -2.53. The average molecular weight is 354 g/mol. The Morgan fingerprint density at radius 1 is 0.760 bits per heavy atom. The van der Waals surface area contributed by atoms with Crippen LogP contribution in [0.3, 0.4) is 0 Å². The van der Waals surface area contributed by atoms with Crippen LogP contribution >= 0.6 is 0 Å². The van der Waals surface area contributed by atoms with Gasteiger partial charge in [-0.2, -0.15) is 0 Å². The van der Waals surface area contributed by atoms with E-state index in [1.807, 2.05) is 0 Å². The third kappa shape index (κ3) is 7.94. The molecule has 0 saturated carbocycles. The van der Waals surface area contributed by atoms with Crippen LogP contribution in [-0.2, 0) is 4.74 Å². The van der Waals surface area contributed by atoms with Gasteiger partial charge in [-0.05, 0) is 86.4 Å². The van der Waals surface area contributed by atoms with Gasteiger partial charge in [-0.3, -0.25) is 4.90 Å². The molecule has 0 unspecified atom stereocenters. The van der Waals surface area contributed by atoms with Gasteiger partial charge < -0.3 is 14.5 Å². The Labute approximate surface area is 156 Å². The van der Waals surface area contributed by atoms with Crippen LogP contribution in [0.4, 0.5) is 0 Å². The van der Waals surface area contributed by atoms with Gasteiger partial charge >= 0.3 is 0 Å². The van der Waals surface area contributed by atoms with Crippen molar-refractivity contribution in [1.29, 1.82) is 0 Å². The number of rotatable bonds is 6. The Morgan fingerprint density at radius 2 is 1.32 bits per heavy atom. The van der Waals surface area contributed by atoms with Crippen molar-refractivity contribution < 1.29 is 4.74 Å². The standard InChI is InChI=1S/C21H43N3O/c1-20(2,3)24-15-13-23(14-16-24)12-9-19-7-10-22(11-8-19)17-18-25-21(4,5)6/h19H,7-18H2,1-6H3. The average Bonchev–Trinajstić information content (AvgIpc) is 2.52. The van der Waals surface area contributed by atoms with Gasteiger partial charge in [0.15, 0.2) is 0 Å². The summed E-state index contributed by atoms with van der Waals surface area (Å²) in [6.45, 7) is 24.2. The lowest BCUT2D eigenvalue weighted by atomic mass is 9.93. The fourth-order valence-corrected chi connectivity index (χ4v) is 3.99. The predicted molar refractivity (Wildman–Crippen MR) is 107 cm³/mol. The highest BCUT2D eigenvalue weighted by Crippen LogP contribution is 2.22. The van der Waals surface area contributed by atoms with Crippen molar-refractivity contribution in [3.63, 3.8) is 0 Å². The zero-order valence-electron chi connectivity index (χ0n) is 17.8. The van der Waals surface area contributed by atoms with Gasteiger partial charge in [-0.15, -0.1) is 0 Å². The van der Waals surface area contributed by atoms with Gasteiger partial charge in [-0.25, -0.2) is 0 Å². The molecule has 0 aliphatic carbocycles. The van der Waals surface area contributed by atoms with E-state index in [1.54, 1.807) is 0 Å². The molecule has 2 saturated heterocycles. The van der Waals surface area contributed by atoms with Crippen molar-refractivity contribution in [3.8, 4) is 0 Å². The maximum atomic E-state index is 5.87. The lowest BCUT2D eigenvalue weighted by molar-refractivity contribution is -0.0165. The van der Waals surface area contributed by atoms with Gasteiger partial charge in [0.2, 0.25) is 0 Å². The topological polar surface area (TPSA) is 19.0 Å². The third-order valence-corrected chi connectivity index (χ3v) is 5.82.